The van der Waals surface area contributed by atoms with Gasteiger partial charge in [0.15, 0.2) is 0 Å². The largest absolute Gasteiger partial charge is 0.481 e. The van der Waals surface area contributed by atoms with Gasteiger partial charge in [0, 0.05) is 12.8 Å². The van der Waals surface area contributed by atoms with E-state index in [0.717, 1.165) is 0 Å². The second-order valence-electron chi connectivity index (χ2n) is 6.59. The second-order valence-corrected chi connectivity index (χ2v) is 6.59. The lowest BCUT2D eigenvalue weighted by Crippen LogP contribution is -2.70. The molecule has 0 aliphatic heterocycles. The van der Waals surface area contributed by atoms with Crippen molar-refractivity contribution in [3.63, 3.8) is 0 Å². The number of carboxylic acids is 2. The normalized spacial score (nSPS) is 16.9. The summed E-state index contributed by atoms with van der Waals surface area (Å²) in [6.45, 7) is 0.553. The van der Waals surface area contributed by atoms with Gasteiger partial charge in [-0.05, 0) is 0 Å². The van der Waals surface area contributed by atoms with Crippen LogP contribution in [0.3, 0.4) is 0 Å². The molecule has 0 radical (unpaired) electrons. The van der Waals surface area contributed by atoms with Crippen LogP contribution in [0.1, 0.15) is 26.7 Å². The van der Waals surface area contributed by atoms with Crippen molar-refractivity contribution >= 4 is 11.9 Å². The molecule has 0 spiro atoms. The second kappa shape index (κ2) is 7.98. The van der Waals surface area contributed by atoms with Crippen LogP contribution in [0, 0.1) is 11.8 Å². The van der Waals surface area contributed by atoms with Crippen LogP contribution < -0.4 is 0 Å². The van der Waals surface area contributed by atoms with Gasteiger partial charge in [-0.2, -0.15) is 52.7 Å². The molecule has 0 heterocycles. The monoisotopic (exact) mass is 474 g/mol. The Morgan fingerprint density at radius 2 is 0.767 bits per heavy atom. The summed E-state index contributed by atoms with van der Waals surface area (Å²) >= 11 is 0. The Bertz CT molecular complexity index is 605. The third kappa shape index (κ3) is 4.40. The van der Waals surface area contributed by atoms with Gasteiger partial charge in [0.1, 0.15) is 0 Å². The molecule has 0 fully saturated rings. The van der Waals surface area contributed by atoms with Crippen LogP contribution in [0.25, 0.3) is 0 Å². The number of hydrogen-bond donors (Lipinski definition) is 2. The Morgan fingerprint density at radius 1 is 0.567 bits per heavy atom. The summed E-state index contributed by atoms with van der Waals surface area (Å²) in [4.78, 5) is 20.8. The van der Waals surface area contributed by atoms with Gasteiger partial charge in [0.2, 0.25) is 0 Å². The molecule has 0 aliphatic rings. The van der Waals surface area contributed by atoms with Crippen LogP contribution in [-0.2, 0) is 9.59 Å². The predicted octanol–water partition coefficient (Wildman–Crippen LogP) is 5.02. The van der Waals surface area contributed by atoms with E-state index >= 15 is 0 Å². The molecule has 0 rings (SSSR count). The Morgan fingerprint density at radius 3 is 0.933 bits per heavy atom. The van der Waals surface area contributed by atoms with Gasteiger partial charge >= 0.3 is 47.5 Å². The van der Waals surface area contributed by atoms with E-state index in [0.29, 0.717) is 0 Å². The summed E-state index contributed by atoms with van der Waals surface area (Å²) in [6.07, 6.45) is -5.45. The van der Waals surface area contributed by atoms with Crippen molar-refractivity contribution in [2.24, 2.45) is 11.8 Å². The summed E-state index contributed by atoms with van der Waals surface area (Å²) < 4.78 is 163. The zero-order valence-corrected chi connectivity index (χ0v) is 14.8. The van der Waals surface area contributed by atoms with E-state index in [2.05, 4.69) is 0 Å². The van der Waals surface area contributed by atoms with E-state index in [-0.39, 0.29) is 13.8 Å². The van der Waals surface area contributed by atoms with Crippen molar-refractivity contribution in [2.75, 3.05) is 0 Å². The molecule has 0 bridgehead atoms. The number of halogens is 12. The van der Waals surface area contributed by atoms with Crippen molar-refractivity contribution in [2.45, 2.75) is 62.2 Å². The lowest BCUT2D eigenvalue weighted by atomic mass is 9.86. The maximum absolute atomic E-state index is 13.6. The molecule has 178 valence electrons. The first-order chi connectivity index (χ1) is 12.9. The number of carboxylic acid groups (broad SMARTS) is 2. The fraction of sp³-hybridized carbons (Fsp3) is 0.857. The molecule has 2 unspecified atom stereocenters. The summed E-state index contributed by atoms with van der Waals surface area (Å²) in [5.74, 6) is -52.8. The summed E-state index contributed by atoms with van der Waals surface area (Å²) in [6, 6.07) is 0. The molecule has 2 N–H and O–H groups in total. The van der Waals surface area contributed by atoms with Crippen LogP contribution in [0.5, 0.6) is 0 Å². The molecular weight excluding hydrogens is 460 g/mol. The molecule has 30 heavy (non-hydrogen) atoms. The maximum atomic E-state index is 13.6. The van der Waals surface area contributed by atoms with Crippen molar-refractivity contribution in [1.29, 1.82) is 0 Å². The van der Waals surface area contributed by atoms with Crippen LogP contribution in [-0.4, -0.2) is 57.7 Å². The molecule has 0 aromatic rings. The fourth-order valence-electron chi connectivity index (χ4n) is 2.05. The van der Waals surface area contributed by atoms with Gasteiger partial charge < -0.3 is 10.2 Å². The first kappa shape index (κ1) is 28.1. The Balaban J connectivity index is 6.31. The van der Waals surface area contributed by atoms with Crippen molar-refractivity contribution in [3.8, 4) is 0 Å². The van der Waals surface area contributed by atoms with Gasteiger partial charge in [-0.25, -0.2) is 0 Å². The first-order valence-corrected chi connectivity index (χ1v) is 7.63. The molecule has 0 saturated carbocycles. The molecule has 0 saturated heterocycles. The molecule has 0 aromatic carbocycles. The zero-order chi connectivity index (χ0) is 24.7. The lowest BCUT2D eigenvalue weighted by Gasteiger charge is -2.41. The predicted molar refractivity (Wildman–Crippen MR) is 72.5 cm³/mol. The number of rotatable bonds is 11. The first-order valence-electron chi connectivity index (χ1n) is 7.63. The number of hydrogen-bond acceptors (Lipinski definition) is 2. The van der Waals surface area contributed by atoms with Crippen LogP contribution in [0.2, 0.25) is 0 Å². The molecule has 0 aromatic heterocycles. The number of aliphatic carboxylic acids is 2. The van der Waals surface area contributed by atoms with Crippen LogP contribution in [0.4, 0.5) is 52.7 Å². The minimum absolute atomic E-state index is 0.276. The molecule has 0 aliphatic carbocycles. The average Bonchev–Trinajstić information content (AvgIpc) is 2.52. The highest BCUT2D eigenvalue weighted by Gasteiger charge is 2.89. The van der Waals surface area contributed by atoms with E-state index in [9.17, 15) is 62.3 Å². The number of alkyl halides is 12. The number of carbonyl (C=O) groups is 2. The standard InChI is InChI=1S/C14H14F12O4/c1-5(7(27)28)3-9(15,16)11(19,20)13(23,24)14(25,26)12(21,22)10(17,18)4-6(2)8(29)30/h5-6H,3-4H2,1-2H3,(H,27,28)(H,29,30). The maximum Gasteiger partial charge on any atom is 0.384 e. The molecule has 16 heteroatoms. The van der Waals surface area contributed by atoms with E-state index in [1.807, 2.05) is 0 Å². The minimum Gasteiger partial charge on any atom is -0.481 e. The van der Waals surface area contributed by atoms with Gasteiger partial charge in [0.05, 0.1) is 11.8 Å². The minimum atomic E-state index is -7.82. The Hall–Kier alpha value is -1.90. The zero-order valence-electron chi connectivity index (χ0n) is 14.8. The van der Waals surface area contributed by atoms with E-state index in [4.69, 9.17) is 10.2 Å². The quantitative estimate of drug-likeness (QED) is 0.413. The van der Waals surface area contributed by atoms with Gasteiger partial charge in [0.25, 0.3) is 0 Å². The van der Waals surface area contributed by atoms with E-state index in [1.165, 1.54) is 0 Å². The van der Waals surface area contributed by atoms with E-state index in [1.54, 1.807) is 0 Å². The Labute approximate surface area is 159 Å². The van der Waals surface area contributed by atoms with E-state index < -0.39 is 72.2 Å². The highest BCUT2D eigenvalue weighted by molar-refractivity contribution is 5.69. The highest BCUT2D eigenvalue weighted by atomic mass is 19.4. The molecule has 2 atom stereocenters. The van der Waals surface area contributed by atoms with Gasteiger partial charge in [-0.15, -0.1) is 0 Å². The molecular formula is C14H14F12O4. The topological polar surface area (TPSA) is 74.6 Å². The Kier molecular flexibility index (Phi) is 7.47. The smallest absolute Gasteiger partial charge is 0.384 e. The molecule has 0 amide bonds. The van der Waals surface area contributed by atoms with Crippen molar-refractivity contribution in [3.05, 3.63) is 0 Å². The third-order valence-corrected chi connectivity index (χ3v) is 4.07. The van der Waals surface area contributed by atoms with Gasteiger partial charge in [-0.1, -0.05) is 13.8 Å². The van der Waals surface area contributed by atoms with Crippen LogP contribution in [0.15, 0.2) is 0 Å². The van der Waals surface area contributed by atoms with Crippen molar-refractivity contribution in [1.82, 2.24) is 0 Å². The average molecular weight is 474 g/mol. The SMILES string of the molecule is CC(CC(F)(F)C(F)(F)C(F)(F)C(F)(F)C(F)(F)C(F)(F)CC(C)C(=O)O)C(=O)O. The lowest BCUT2D eigenvalue weighted by molar-refractivity contribution is -0.426. The summed E-state index contributed by atoms with van der Waals surface area (Å²) in [7, 11) is 0. The van der Waals surface area contributed by atoms with Crippen molar-refractivity contribution < 1.29 is 72.5 Å². The molecule has 4 nitrogen and oxygen atoms in total. The van der Waals surface area contributed by atoms with Crippen LogP contribution >= 0.6 is 0 Å². The van der Waals surface area contributed by atoms with Gasteiger partial charge in [-0.3, -0.25) is 9.59 Å². The fourth-order valence-corrected chi connectivity index (χ4v) is 2.05. The third-order valence-electron chi connectivity index (χ3n) is 4.07. The summed E-state index contributed by atoms with van der Waals surface area (Å²) in [5, 5.41) is 16.7. The summed E-state index contributed by atoms with van der Waals surface area (Å²) in [5.41, 5.74) is 0. The highest BCUT2D eigenvalue weighted by Crippen LogP contribution is 2.61.